The standard InChI is InChI=1S/C27H25FN4O6S/c1-15-19(6-9-23(24(15)28)39(3,35)36)25(33)32-10-11-38-22-8-5-16(12-18(22)14-32)17-4-7-20-21(13-17)30-26(29-20)31-27(34)37-2/h4-9,12-13H,10-11,14H2,1-3H3,(H2,29,30,31,34). The molecule has 2 N–H and O–H groups in total. The van der Waals surface area contributed by atoms with E-state index in [1.807, 2.05) is 36.4 Å². The number of amides is 2. The fourth-order valence-electron chi connectivity index (χ4n) is 4.49. The van der Waals surface area contributed by atoms with E-state index in [4.69, 9.17) is 4.74 Å². The summed E-state index contributed by atoms with van der Waals surface area (Å²) in [5.41, 5.74) is 3.94. The van der Waals surface area contributed by atoms with Crippen LogP contribution in [0.5, 0.6) is 5.75 Å². The topological polar surface area (TPSA) is 131 Å². The van der Waals surface area contributed by atoms with E-state index in [0.29, 0.717) is 16.8 Å². The molecule has 39 heavy (non-hydrogen) atoms. The summed E-state index contributed by atoms with van der Waals surface area (Å²) in [6, 6.07) is 13.7. The summed E-state index contributed by atoms with van der Waals surface area (Å²) in [6.45, 7) is 2.14. The Bertz CT molecular complexity index is 1730. The first-order valence-corrected chi connectivity index (χ1v) is 13.8. The Morgan fingerprint density at radius 1 is 1.13 bits per heavy atom. The molecule has 0 unspecified atom stereocenters. The van der Waals surface area contributed by atoms with E-state index >= 15 is 0 Å². The molecule has 1 aromatic heterocycles. The van der Waals surface area contributed by atoms with Gasteiger partial charge in [-0.15, -0.1) is 0 Å². The number of methoxy groups -OCH3 is 1. The number of anilines is 1. The first-order chi connectivity index (χ1) is 18.5. The molecule has 0 bridgehead atoms. The van der Waals surface area contributed by atoms with Crippen LogP contribution < -0.4 is 10.1 Å². The number of aromatic amines is 1. The zero-order valence-corrected chi connectivity index (χ0v) is 22.2. The maximum absolute atomic E-state index is 14.8. The number of nitrogens with one attached hydrogen (secondary N) is 2. The van der Waals surface area contributed by atoms with Gasteiger partial charge in [0, 0.05) is 23.9 Å². The van der Waals surface area contributed by atoms with Crippen LogP contribution in [0.1, 0.15) is 21.5 Å². The number of halogens is 1. The van der Waals surface area contributed by atoms with E-state index in [9.17, 15) is 22.4 Å². The molecule has 0 spiro atoms. The van der Waals surface area contributed by atoms with Crippen LogP contribution in [0, 0.1) is 12.7 Å². The number of H-pyrrole nitrogens is 1. The fraction of sp³-hybridized carbons (Fsp3) is 0.222. The highest BCUT2D eigenvalue weighted by Crippen LogP contribution is 2.32. The van der Waals surface area contributed by atoms with Crippen LogP contribution in [0.3, 0.4) is 0 Å². The minimum Gasteiger partial charge on any atom is -0.491 e. The predicted molar refractivity (Wildman–Crippen MR) is 142 cm³/mol. The third-order valence-electron chi connectivity index (χ3n) is 6.53. The van der Waals surface area contributed by atoms with Crippen LogP contribution in [-0.2, 0) is 21.1 Å². The fourth-order valence-corrected chi connectivity index (χ4v) is 5.29. The van der Waals surface area contributed by atoms with Crippen molar-refractivity contribution in [1.82, 2.24) is 14.9 Å². The van der Waals surface area contributed by atoms with Crippen molar-refractivity contribution in [3.63, 3.8) is 0 Å². The van der Waals surface area contributed by atoms with E-state index in [0.717, 1.165) is 29.0 Å². The number of carbonyl (C=O) groups is 2. The Kier molecular flexibility index (Phi) is 6.73. The second kappa shape index (κ2) is 10.0. The molecule has 2 amide bonds. The lowest BCUT2D eigenvalue weighted by Crippen LogP contribution is -2.33. The molecule has 0 fully saturated rings. The van der Waals surface area contributed by atoms with Crippen LogP contribution in [0.15, 0.2) is 53.4 Å². The zero-order chi connectivity index (χ0) is 27.9. The molecular formula is C27H25FN4O6S. The molecule has 0 aliphatic carbocycles. The molecule has 2 heterocycles. The summed E-state index contributed by atoms with van der Waals surface area (Å²) in [5.74, 6) is -0.444. The smallest absolute Gasteiger partial charge is 0.413 e. The molecule has 4 aromatic rings. The summed E-state index contributed by atoms with van der Waals surface area (Å²) in [7, 11) is -2.50. The van der Waals surface area contributed by atoms with Gasteiger partial charge in [0.25, 0.3) is 5.91 Å². The second-order valence-corrected chi connectivity index (χ2v) is 11.1. The molecule has 0 saturated carbocycles. The number of ether oxygens (including phenoxy) is 2. The highest BCUT2D eigenvalue weighted by atomic mass is 32.2. The number of hydrogen-bond acceptors (Lipinski definition) is 7. The number of hydrogen-bond donors (Lipinski definition) is 2. The van der Waals surface area contributed by atoms with Crippen molar-refractivity contribution >= 4 is 38.8 Å². The Balaban J connectivity index is 1.43. The van der Waals surface area contributed by atoms with E-state index in [2.05, 4.69) is 20.0 Å². The van der Waals surface area contributed by atoms with Gasteiger partial charge in [-0.25, -0.2) is 22.6 Å². The molecule has 0 saturated heterocycles. The van der Waals surface area contributed by atoms with E-state index in [1.54, 1.807) is 4.90 Å². The molecule has 1 aliphatic rings. The molecule has 5 rings (SSSR count). The molecular weight excluding hydrogens is 527 g/mol. The van der Waals surface area contributed by atoms with Crippen LogP contribution in [0.2, 0.25) is 0 Å². The lowest BCUT2D eigenvalue weighted by molar-refractivity contribution is 0.0731. The van der Waals surface area contributed by atoms with E-state index in [1.165, 1.54) is 20.1 Å². The lowest BCUT2D eigenvalue weighted by atomic mass is 10.0. The van der Waals surface area contributed by atoms with E-state index in [-0.39, 0.29) is 36.8 Å². The third-order valence-corrected chi connectivity index (χ3v) is 7.64. The Labute approximate surface area is 223 Å². The molecule has 1 aliphatic heterocycles. The quantitative estimate of drug-likeness (QED) is 0.386. The Hall–Kier alpha value is -4.45. The van der Waals surface area contributed by atoms with Gasteiger partial charge >= 0.3 is 6.09 Å². The van der Waals surface area contributed by atoms with Gasteiger partial charge < -0.3 is 19.4 Å². The average molecular weight is 553 g/mol. The molecule has 10 nitrogen and oxygen atoms in total. The average Bonchev–Trinajstić information content (AvgIpc) is 3.17. The van der Waals surface area contributed by atoms with Gasteiger partial charge in [-0.05, 0) is 60.0 Å². The normalized spacial score (nSPS) is 13.4. The first-order valence-electron chi connectivity index (χ1n) is 11.9. The largest absolute Gasteiger partial charge is 0.491 e. The maximum Gasteiger partial charge on any atom is 0.413 e. The highest BCUT2D eigenvalue weighted by molar-refractivity contribution is 7.90. The van der Waals surface area contributed by atoms with Crippen molar-refractivity contribution in [2.24, 2.45) is 0 Å². The Morgan fingerprint density at radius 3 is 2.62 bits per heavy atom. The van der Waals surface area contributed by atoms with Crippen molar-refractivity contribution in [1.29, 1.82) is 0 Å². The maximum atomic E-state index is 14.8. The summed E-state index contributed by atoms with van der Waals surface area (Å²) >= 11 is 0. The first kappa shape index (κ1) is 26.2. The van der Waals surface area contributed by atoms with Crippen molar-refractivity contribution in [3.8, 4) is 16.9 Å². The van der Waals surface area contributed by atoms with Crippen LogP contribution in [0.25, 0.3) is 22.2 Å². The number of sulfone groups is 1. The van der Waals surface area contributed by atoms with Crippen LogP contribution >= 0.6 is 0 Å². The number of fused-ring (bicyclic) bond motifs is 2. The van der Waals surface area contributed by atoms with Gasteiger partial charge in [0.1, 0.15) is 23.1 Å². The minimum absolute atomic E-state index is 0.0176. The number of nitrogens with zero attached hydrogens (tertiary/aromatic N) is 2. The van der Waals surface area contributed by atoms with Crippen LogP contribution in [-0.4, -0.2) is 61.8 Å². The summed E-state index contributed by atoms with van der Waals surface area (Å²) in [4.78, 5) is 33.4. The van der Waals surface area contributed by atoms with Gasteiger partial charge in [0.2, 0.25) is 5.95 Å². The summed E-state index contributed by atoms with van der Waals surface area (Å²) in [6.07, 6.45) is 0.290. The predicted octanol–water partition coefficient (Wildman–Crippen LogP) is 4.29. The van der Waals surface area contributed by atoms with Crippen molar-refractivity contribution in [2.75, 3.05) is 31.8 Å². The number of carbonyl (C=O) groups excluding carboxylic acids is 2. The molecule has 12 heteroatoms. The second-order valence-electron chi connectivity index (χ2n) is 9.15. The number of rotatable bonds is 4. The van der Waals surface area contributed by atoms with Crippen molar-refractivity contribution < 1.29 is 31.9 Å². The summed E-state index contributed by atoms with van der Waals surface area (Å²) in [5, 5.41) is 2.50. The van der Waals surface area contributed by atoms with Crippen molar-refractivity contribution in [2.45, 2.75) is 18.4 Å². The highest BCUT2D eigenvalue weighted by Gasteiger charge is 2.26. The third kappa shape index (κ3) is 5.15. The molecule has 3 aromatic carbocycles. The van der Waals surface area contributed by atoms with E-state index < -0.39 is 32.6 Å². The SMILES string of the molecule is COC(=O)Nc1nc2ccc(-c3ccc4c(c3)CN(C(=O)c3ccc(S(C)(=O)=O)c(F)c3C)CCO4)cc2[nH]1. The van der Waals surface area contributed by atoms with Gasteiger partial charge in [-0.2, -0.15) is 0 Å². The molecule has 0 radical (unpaired) electrons. The molecule has 0 atom stereocenters. The number of aromatic nitrogens is 2. The van der Waals surface area contributed by atoms with Gasteiger partial charge in [0.15, 0.2) is 9.84 Å². The van der Waals surface area contributed by atoms with Crippen molar-refractivity contribution in [3.05, 3.63) is 71.0 Å². The number of benzene rings is 3. The lowest BCUT2D eigenvalue weighted by Gasteiger charge is -2.21. The van der Waals surface area contributed by atoms with Gasteiger partial charge in [0.05, 0.1) is 24.7 Å². The molecule has 202 valence electrons. The van der Waals surface area contributed by atoms with Gasteiger partial charge in [-0.1, -0.05) is 12.1 Å². The number of imidazole rings is 1. The van der Waals surface area contributed by atoms with Crippen LogP contribution in [0.4, 0.5) is 15.1 Å². The monoisotopic (exact) mass is 552 g/mol. The van der Waals surface area contributed by atoms with Gasteiger partial charge in [-0.3, -0.25) is 10.1 Å². The zero-order valence-electron chi connectivity index (χ0n) is 21.4. The minimum atomic E-state index is -3.77. The summed E-state index contributed by atoms with van der Waals surface area (Å²) < 4.78 is 49.0. The Morgan fingerprint density at radius 2 is 1.87 bits per heavy atom.